The van der Waals surface area contributed by atoms with Gasteiger partial charge in [-0.25, -0.2) is 0 Å². The first-order chi connectivity index (χ1) is 14.5. The lowest BCUT2D eigenvalue weighted by Gasteiger charge is -2.12. The third-order valence-corrected chi connectivity index (χ3v) is 5.76. The van der Waals surface area contributed by atoms with E-state index in [1.54, 1.807) is 30.6 Å². The lowest BCUT2D eigenvalue weighted by atomic mass is 10.1. The molecule has 1 saturated carbocycles. The van der Waals surface area contributed by atoms with Gasteiger partial charge in [-0.2, -0.15) is 0 Å². The van der Waals surface area contributed by atoms with Gasteiger partial charge in [-0.3, -0.25) is 14.2 Å². The standard InChI is InChI=1S/C22H23N5O2S/c1-14-7-10-19(15(2)11-14)27-13-23-26-22(27)30-12-20(28)25-18-6-4-3-5-17(18)21(29)24-16-8-9-16/h3-7,10-11,13,16H,8-9,12H2,1-2H3,(H,24,29)(H,25,28). The zero-order valence-corrected chi connectivity index (χ0v) is 17.7. The Hall–Kier alpha value is -3.13. The average molecular weight is 422 g/mol. The molecule has 2 N–H and O–H groups in total. The summed E-state index contributed by atoms with van der Waals surface area (Å²) in [5, 5.41) is 14.6. The van der Waals surface area contributed by atoms with Crippen LogP contribution in [0.2, 0.25) is 0 Å². The Morgan fingerprint density at radius 2 is 1.97 bits per heavy atom. The first-order valence-corrected chi connectivity index (χ1v) is 10.8. The summed E-state index contributed by atoms with van der Waals surface area (Å²) in [6.45, 7) is 4.08. The molecule has 1 aliphatic carbocycles. The van der Waals surface area contributed by atoms with Crippen LogP contribution in [0.3, 0.4) is 0 Å². The molecular formula is C22H23N5O2S. The van der Waals surface area contributed by atoms with Gasteiger partial charge < -0.3 is 10.6 Å². The third kappa shape index (κ3) is 4.71. The fourth-order valence-electron chi connectivity index (χ4n) is 3.16. The van der Waals surface area contributed by atoms with E-state index < -0.39 is 0 Å². The number of hydrogen-bond acceptors (Lipinski definition) is 5. The van der Waals surface area contributed by atoms with E-state index in [1.165, 1.54) is 17.3 Å². The lowest BCUT2D eigenvalue weighted by Crippen LogP contribution is -2.27. The first kappa shape index (κ1) is 20.2. The van der Waals surface area contributed by atoms with E-state index in [2.05, 4.69) is 26.9 Å². The van der Waals surface area contributed by atoms with E-state index in [4.69, 9.17) is 0 Å². The Morgan fingerprint density at radius 1 is 1.17 bits per heavy atom. The summed E-state index contributed by atoms with van der Waals surface area (Å²) in [4.78, 5) is 25.0. The summed E-state index contributed by atoms with van der Waals surface area (Å²) >= 11 is 1.30. The highest BCUT2D eigenvalue weighted by Crippen LogP contribution is 2.24. The summed E-state index contributed by atoms with van der Waals surface area (Å²) in [6.07, 6.45) is 3.67. The molecule has 0 radical (unpaired) electrons. The van der Waals surface area contributed by atoms with E-state index in [9.17, 15) is 9.59 Å². The summed E-state index contributed by atoms with van der Waals surface area (Å²) in [5.41, 5.74) is 4.26. The minimum atomic E-state index is -0.207. The van der Waals surface area contributed by atoms with E-state index in [1.807, 2.05) is 30.5 Å². The molecule has 0 aliphatic heterocycles. The highest BCUT2D eigenvalue weighted by atomic mass is 32.2. The maximum atomic E-state index is 12.6. The molecule has 1 heterocycles. The number of para-hydroxylation sites is 1. The highest BCUT2D eigenvalue weighted by molar-refractivity contribution is 7.99. The van der Waals surface area contributed by atoms with Gasteiger partial charge >= 0.3 is 0 Å². The van der Waals surface area contributed by atoms with Crippen LogP contribution in [-0.2, 0) is 4.79 Å². The normalized spacial score (nSPS) is 13.1. The second-order valence-corrected chi connectivity index (χ2v) is 8.35. The maximum absolute atomic E-state index is 12.6. The molecular weight excluding hydrogens is 398 g/mol. The van der Waals surface area contributed by atoms with Crippen molar-refractivity contribution < 1.29 is 9.59 Å². The highest BCUT2D eigenvalue weighted by Gasteiger charge is 2.25. The number of rotatable bonds is 7. The topological polar surface area (TPSA) is 88.9 Å². The molecule has 154 valence electrons. The zero-order chi connectivity index (χ0) is 21.1. The minimum Gasteiger partial charge on any atom is -0.349 e. The second-order valence-electron chi connectivity index (χ2n) is 7.40. The van der Waals surface area contributed by atoms with E-state index in [-0.39, 0.29) is 23.6 Å². The first-order valence-electron chi connectivity index (χ1n) is 9.81. The number of anilines is 1. The molecule has 4 rings (SSSR count). The van der Waals surface area contributed by atoms with Crippen molar-refractivity contribution in [1.29, 1.82) is 0 Å². The third-order valence-electron chi connectivity index (χ3n) is 4.82. The van der Waals surface area contributed by atoms with Crippen LogP contribution in [0.5, 0.6) is 0 Å². The van der Waals surface area contributed by atoms with Gasteiger partial charge in [0.1, 0.15) is 6.33 Å². The van der Waals surface area contributed by atoms with Crippen molar-refractivity contribution in [3.63, 3.8) is 0 Å². The molecule has 0 saturated heterocycles. The van der Waals surface area contributed by atoms with E-state index in [0.29, 0.717) is 16.4 Å². The van der Waals surface area contributed by atoms with Crippen LogP contribution in [0.1, 0.15) is 34.3 Å². The van der Waals surface area contributed by atoms with Crippen LogP contribution in [0.15, 0.2) is 53.9 Å². The Labute approximate surface area is 179 Å². The van der Waals surface area contributed by atoms with Crippen LogP contribution in [0.4, 0.5) is 5.69 Å². The van der Waals surface area contributed by atoms with Crippen LogP contribution in [-0.4, -0.2) is 38.4 Å². The van der Waals surface area contributed by atoms with Gasteiger partial charge in [0.25, 0.3) is 5.91 Å². The Morgan fingerprint density at radius 3 is 2.73 bits per heavy atom. The van der Waals surface area contributed by atoms with Crippen molar-refractivity contribution in [1.82, 2.24) is 20.1 Å². The fourth-order valence-corrected chi connectivity index (χ4v) is 3.88. The molecule has 3 aromatic rings. The zero-order valence-electron chi connectivity index (χ0n) is 16.9. The monoisotopic (exact) mass is 421 g/mol. The number of hydrogen-bond donors (Lipinski definition) is 2. The van der Waals surface area contributed by atoms with Crippen molar-refractivity contribution in [2.24, 2.45) is 0 Å². The Bertz CT molecular complexity index is 1090. The number of benzene rings is 2. The molecule has 0 atom stereocenters. The number of nitrogens with zero attached hydrogens (tertiary/aromatic N) is 3. The van der Waals surface area contributed by atoms with E-state index in [0.717, 1.165) is 24.1 Å². The number of nitrogens with one attached hydrogen (secondary N) is 2. The van der Waals surface area contributed by atoms with E-state index >= 15 is 0 Å². The molecule has 8 heteroatoms. The predicted molar refractivity (Wildman–Crippen MR) is 117 cm³/mol. The number of amides is 2. The average Bonchev–Trinajstić information content (AvgIpc) is 3.41. The summed E-state index contributed by atoms with van der Waals surface area (Å²) in [7, 11) is 0. The van der Waals surface area contributed by atoms with Crippen LogP contribution in [0, 0.1) is 13.8 Å². The molecule has 30 heavy (non-hydrogen) atoms. The summed E-state index contributed by atoms with van der Waals surface area (Å²) < 4.78 is 1.88. The quantitative estimate of drug-likeness (QED) is 0.570. The summed E-state index contributed by atoms with van der Waals surface area (Å²) in [6, 6.07) is 13.5. The minimum absolute atomic E-state index is 0.155. The van der Waals surface area contributed by atoms with Gasteiger partial charge in [-0.1, -0.05) is 41.6 Å². The summed E-state index contributed by atoms with van der Waals surface area (Å²) in [5.74, 6) is -0.208. The smallest absolute Gasteiger partial charge is 0.253 e. The number of thioether (sulfide) groups is 1. The fraction of sp³-hybridized carbons (Fsp3) is 0.273. The molecule has 7 nitrogen and oxygen atoms in total. The van der Waals surface area contributed by atoms with Gasteiger partial charge in [0.15, 0.2) is 5.16 Å². The molecule has 1 aromatic heterocycles. The SMILES string of the molecule is Cc1ccc(-n2cnnc2SCC(=O)Nc2ccccc2C(=O)NC2CC2)c(C)c1. The Kier molecular flexibility index (Phi) is 5.85. The molecule has 0 spiro atoms. The molecule has 0 bridgehead atoms. The van der Waals surface area contributed by atoms with Crippen molar-refractivity contribution in [3.05, 3.63) is 65.5 Å². The molecule has 2 aromatic carbocycles. The molecule has 2 amide bonds. The lowest BCUT2D eigenvalue weighted by molar-refractivity contribution is -0.113. The number of aromatic nitrogens is 3. The maximum Gasteiger partial charge on any atom is 0.253 e. The predicted octanol–water partition coefficient (Wildman–Crippen LogP) is 3.51. The molecule has 0 unspecified atom stereocenters. The van der Waals surface area contributed by atoms with Gasteiger partial charge in [0, 0.05) is 6.04 Å². The molecule has 1 fully saturated rings. The van der Waals surface area contributed by atoms with Crippen LogP contribution in [0.25, 0.3) is 5.69 Å². The van der Waals surface area contributed by atoms with Gasteiger partial charge in [0.2, 0.25) is 5.91 Å². The number of carbonyl (C=O) groups is 2. The Balaban J connectivity index is 1.42. The molecule has 1 aliphatic rings. The van der Waals surface area contributed by atoms with Gasteiger partial charge in [-0.15, -0.1) is 10.2 Å². The number of carbonyl (C=O) groups excluding carboxylic acids is 2. The second kappa shape index (κ2) is 8.71. The van der Waals surface area contributed by atoms with Crippen molar-refractivity contribution in [2.45, 2.75) is 37.9 Å². The van der Waals surface area contributed by atoms with Gasteiger partial charge in [0.05, 0.1) is 22.7 Å². The van der Waals surface area contributed by atoms with Gasteiger partial charge in [-0.05, 0) is 50.5 Å². The van der Waals surface area contributed by atoms with Crippen LogP contribution < -0.4 is 10.6 Å². The van der Waals surface area contributed by atoms with Crippen molar-refractivity contribution >= 4 is 29.3 Å². The largest absolute Gasteiger partial charge is 0.349 e. The van der Waals surface area contributed by atoms with Crippen LogP contribution >= 0.6 is 11.8 Å². The number of aryl methyl sites for hydroxylation is 2. The van der Waals surface area contributed by atoms with Crippen molar-refractivity contribution in [3.8, 4) is 5.69 Å². The van der Waals surface area contributed by atoms with Crippen molar-refractivity contribution in [2.75, 3.05) is 11.1 Å².